The van der Waals surface area contributed by atoms with E-state index in [9.17, 15) is 13.2 Å². The van der Waals surface area contributed by atoms with Crippen molar-refractivity contribution in [1.82, 2.24) is 0 Å². The third kappa shape index (κ3) is 5.66. The lowest BCUT2D eigenvalue weighted by Gasteiger charge is -2.11. The molecule has 0 bridgehead atoms. The summed E-state index contributed by atoms with van der Waals surface area (Å²) in [6.07, 6.45) is -0.589. The Bertz CT molecular complexity index is 545. The molecular weight excluding hydrogens is 304 g/mol. The fourth-order valence-electron chi connectivity index (χ4n) is 1.43. The van der Waals surface area contributed by atoms with Crippen LogP contribution < -0.4 is 10.0 Å². The summed E-state index contributed by atoms with van der Waals surface area (Å²) in [6, 6.07) is 6.24. The average Bonchev–Trinajstić information content (AvgIpc) is 2.39. The van der Waals surface area contributed by atoms with Crippen molar-refractivity contribution in [3.05, 3.63) is 24.3 Å². The lowest BCUT2D eigenvalue weighted by molar-refractivity contribution is 0.187. The summed E-state index contributed by atoms with van der Waals surface area (Å²) in [7, 11) is -2.17. The molecule has 0 aliphatic carbocycles. The van der Waals surface area contributed by atoms with Gasteiger partial charge in [0.15, 0.2) is 0 Å². The summed E-state index contributed by atoms with van der Waals surface area (Å²) in [5.41, 5.74) is 0.927. The summed E-state index contributed by atoms with van der Waals surface area (Å²) in [4.78, 5) is 11.0. The Morgan fingerprint density at radius 2 is 1.85 bits per heavy atom. The van der Waals surface area contributed by atoms with E-state index < -0.39 is 16.1 Å². The molecule has 1 amide bonds. The minimum absolute atomic E-state index is 0.0430. The van der Waals surface area contributed by atoms with Crippen molar-refractivity contribution in [2.75, 3.05) is 28.8 Å². The number of amides is 1. The van der Waals surface area contributed by atoms with Crippen LogP contribution in [0.25, 0.3) is 0 Å². The monoisotopic (exact) mass is 320 g/mol. The van der Waals surface area contributed by atoms with Gasteiger partial charge in [0.2, 0.25) is 10.0 Å². The number of anilines is 2. The first-order valence-corrected chi connectivity index (χ1v) is 8.06. The Morgan fingerprint density at radius 1 is 1.30 bits per heavy atom. The zero-order valence-corrected chi connectivity index (χ0v) is 12.8. The average molecular weight is 321 g/mol. The third-order valence-corrected chi connectivity index (χ3v) is 4.44. The molecule has 2 N–H and O–H groups in total. The van der Waals surface area contributed by atoms with E-state index >= 15 is 0 Å². The molecular formula is C12H17ClN2O4S. The Morgan fingerprint density at radius 3 is 2.35 bits per heavy atom. The van der Waals surface area contributed by atoms with Crippen LogP contribution in [-0.2, 0) is 14.8 Å². The van der Waals surface area contributed by atoms with E-state index in [-0.39, 0.29) is 17.6 Å². The van der Waals surface area contributed by atoms with E-state index in [1.165, 1.54) is 7.11 Å². The number of benzene rings is 1. The van der Waals surface area contributed by atoms with Crippen LogP contribution in [0.15, 0.2) is 24.3 Å². The van der Waals surface area contributed by atoms with Crippen LogP contribution in [0.5, 0.6) is 0 Å². The molecule has 0 aliphatic rings. The van der Waals surface area contributed by atoms with Crippen LogP contribution in [0, 0.1) is 5.92 Å². The van der Waals surface area contributed by atoms with Crippen LogP contribution in [0.2, 0.25) is 0 Å². The number of hydrogen-bond acceptors (Lipinski definition) is 4. The summed E-state index contributed by atoms with van der Waals surface area (Å²) in [5, 5.41) is 2.47. The van der Waals surface area contributed by atoms with Gasteiger partial charge in [0.05, 0.1) is 12.9 Å². The molecule has 1 rings (SSSR count). The van der Waals surface area contributed by atoms with Gasteiger partial charge in [-0.3, -0.25) is 10.0 Å². The third-order valence-electron chi connectivity index (χ3n) is 2.36. The van der Waals surface area contributed by atoms with Gasteiger partial charge < -0.3 is 4.74 Å². The van der Waals surface area contributed by atoms with E-state index in [2.05, 4.69) is 14.8 Å². The highest BCUT2D eigenvalue weighted by atomic mass is 35.5. The smallest absolute Gasteiger partial charge is 0.411 e. The second-order valence-corrected chi connectivity index (χ2v) is 6.41. The number of hydrogen-bond donors (Lipinski definition) is 2. The topological polar surface area (TPSA) is 84.5 Å². The quantitative estimate of drug-likeness (QED) is 0.789. The predicted octanol–water partition coefficient (Wildman–Crippen LogP) is 2.48. The van der Waals surface area contributed by atoms with Crippen LogP contribution in [0.3, 0.4) is 0 Å². The van der Waals surface area contributed by atoms with E-state index in [1.807, 2.05) is 0 Å². The zero-order valence-electron chi connectivity index (χ0n) is 11.2. The second kappa shape index (κ2) is 7.35. The lowest BCUT2D eigenvalue weighted by atomic mass is 10.3. The normalized spacial score (nSPS) is 12.6. The highest BCUT2D eigenvalue weighted by molar-refractivity contribution is 7.92. The van der Waals surface area contributed by atoms with Gasteiger partial charge in [0.25, 0.3) is 0 Å². The van der Waals surface area contributed by atoms with E-state index in [0.29, 0.717) is 11.4 Å². The molecule has 6 nitrogen and oxygen atoms in total. The summed E-state index contributed by atoms with van der Waals surface area (Å²) in [6.45, 7) is 1.76. The first-order valence-electron chi connectivity index (χ1n) is 5.88. The molecule has 0 aliphatic heterocycles. The van der Waals surface area contributed by atoms with Crippen molar-refractivity contribution in [3.8, 4) is 0 Å². The second-order valence-electron chi connectivity index (χ2n) is 4.34. The molecule has 0 heterocycles. The fourth-order valence-corrected chi connectivity index (χ4v) is 3.11. The minimum Gasteiger partial charge on any atom is -0.453 e. The Kier molecular flexibility index (Phi) is 6.09. The number of alkyl halides is 1. The molecule has 112 valence electrons. The van der Waals surface area contributed by atoms with Crippen LogP contribution >= 0.6 is 11.6 Å². The van der Waals surface area contributed by atoms with Gasteiger partial charge in [0, 0.05) is 17.3 Å². The van der Waals surface area contributed by atoms with Crippen molar-refractivity contribution in [3.63, 3.8) is 0 Å². The number of carbonyl (C=O) groups is 1. The van der Waals surface area contributed by atoms with Crippen LogP contribution in [0.1, 0.15) is 6.92 Å². The maximum absolute atomic E-state index is 11.8. The first-order chi connectivity index (χ1) is 9.36. The molecule has 1 aromatic carbocycles. The van der Waals surface area contributed by atoms with Crippen molar-refractivity contribution in [2.45, 2.75) is 6.92 Å². The summed E-state index contributed by atoms with van der Waals surface area (Å²) < 4.78 is 30.5. The molecule has 1 unspecified atom stereocenters. The maximum atomic E-state index is 11.8. The molecule has 20 heavy (non-hydrogen) atoms. The van der Waals surface area contributed by atoms with Crippen molar-refractivity contribution in [1.29, 1.82) is 0 Å². The number of sulfonamides is 1. The van der Waals surface area contributed by atoms with E-state index in [4.69, 9.17) is 11.6 Å². The van der Waals surface area contributed by atoms with Gasteiger partial charge in [0.1, 0.15) is 0 Å². The molecule has 0 saturated carbocycles. The lowest BCUT2D eigenvalue weighted by Crippen LogP contribution is -2.22. The maximum Gasteiger partial charge on any atom is 0.411 e. The molecule has 8 heteroatoms. The van der Waals surface area contributed by atoms with E-state index in [1.54, 1.807) is 31.2 Å². The predicted molar refractivity (Wildman–Crippen MR) is 79.8 cm³/mol. The number of methoxy groups -OCH3 is 1. The summed E-state index contributed by atoms with van der Waals surface area (Å²) >= 11 is 5.60. The molecule has 0 radical (unpaired) electrons. The highest BCUT2D eigenvalue weighted by Crippen LogP contribution is 2.16. The fraction of sp³-hybridized carbons (Fsp3) is 0.417. The van der Waals surface area contributed by atoms with Crippen molar-refractivity contribution in [2.24, 2.45) is 5.92 Å². The molecule has 0 spiro atoms. The number of nitrogens with one attached hydrogen (secondary N) is 2. The van der Waals surface area contributed by atoms with Gasteiger partial charge in [-0.25, -0.2) is 13.2 Å². The van der Waals surface area contributed by atoms with Gasteiger partial charge in [-0.2, -0.15) is 0 Å². The minimum atomic E-state index is -3.43. The number of ether oxygens (including phenoxy) is 1. The zero-order chi connectivity index (χ0) is 15.2. The van der Waals surface area contributed by atoms with Crippen LogP contribution in [-0.4, -0.2) is 33.3 Å². The van der Waals surface area contributed by atoms with E-state index in [0.717, 1.165) is 0 Å². The van der Waals surface area contributed by atoms with Gasteiger partial charge in [-0.1, -0.05) is 6.92 Å². The SMILES string of the molecule is COC(=O)Nc1ccc(NS(=O)(=O)CC(C)CCl)cc1. The van der Waals surface area contributed by atoms with Gasteiger partial charge >= 0.3 is 6.09 Å². The van der Waals surface area contributed by atoms with Gasteiger partial charge in [-0.15, -0.1) is 11.6 Å². The highest BCUT2D eigenvalue weighted by Gasteiger charge is 2.15. The number of halogens is 1. The number of rotatable bonds is 6. The molecule has 1 atom stereocenters. The molecule has 0 aromatic heterocycles. The molecule has 0 saturated heterocycles. The number of carbonyl (C=O) groups excluding carboxylic acids is 1. The Labute approximate surface area is 123 Å². The summed E-state index contributed by atoms with van der Waals surface area (Å²) in [5.74, 6) is 0.108. The molecule has 0 fully saturated rings. The Hall–Kier alpha value is -1.47. The molecule has 1 aromatic rings. The van der Waals surface area contributed by atoms with Crippen molar-refractivity contribution < 1.29 is 17.9 Å². The largest absolute Gasteiger partial charge is 0.453 e. The van der Waals surface area contributed by atoms with Gasteiger partial charge in [-0.05, 0) is 30.2 Å². The first kappa shape index (κ1) is 16.6. The van der Waals surface area contributed by atoms with Crippen molar-refractivity contribution >= 4 is 39.1 Å². The standard InChI is InChI=1S/C12H17ClN2O4S/c1-9(7-13)8-20(17,18)15-11-5-3-10(4-6-11)14-12(16)19-2/h3-6,9,15H,7-8H2,1-2H3,(H,14,16). The van der Waals surface area contributed by atoms with Crippen LogP contribution in [0.4, 0.5) is 16.2 Å². The Balaban J connectivity index is 2.67.